The first-order valence-electron chi connectivity index (χ1n) is 26.1. The van der Waals surface area contributed by atoms with Crippen molar-refractivity contribution in [3.8, 4) is 0 Å². The van der Waals surface area contributed by atoms with Crippen molar-refractivity contribution in [3.63, 3.8) is 0 Å². The van der Waals surface area contributed by atoms with Crippen molar-refractivity contribution in [2.75, 3.05) is 13.2 Å². The van der Waals surface area contributed by atoms with Gasteiger partial charge in [0.1, 0.15) is 13.2 Å². The van der Waals surface area contributed by atoms with Crippen LogP contribution in [-0.4, -0.2) is 37.2 Å². The highest BCUT2D eigenvalue weighted by Gasteiger charge is 2.19. The van der Waals surface area contributed by atoms with Crippen LogP contribution in [0.2, 0.25) is 0 Å². The molecule has 354 valence electrons. The molecule has 6 nitrogen and oxygen atoms in total. The molecule has 0 amide bonds. The van der Waals surface area contributed by atoms with E-state index < -0.39 is 6.10 Å². The van der Waals surface area contributed by atoms with Crippen molar-refractivity contribution < 1.29 is 28.6 Å². The number of hydrogen-bond donors (Lipinski definition) is 0. The molecule has 0 bridgehead atoms. The molecule has 0 fully saturated rings. The lowest BCUT2D eigenvalue weighted by molar-refractivity contribution is -0.167. The van der Waals surface area contributed by atoms with Gasteiger partial charge in [0.25, 0.3) is 0 Å². The predicted octanol–water partition coefficient (Wildman–Crippen LogP) is 17.1. The van der Waals surface area contributed by atoms with Crippen LogP contribution in [0, 0.1) is 0 Å². The van der Waals surface area contributed by atoms with Gasteiger partial charge in [-0.1, -0.05) is 236 Å². The molecule has 0 aliphatic rings. The van der Waals surface area contributed by atoms with Gasteiger partial charge in [0.05, 0.1) is 0 Å². The Morgan fingerprint density at radius 2 is 0.639 bits per heavy atom. The third-order valence-corrected chi connectivity index (χ3v) is 11.3. The first-order chi connectivity index (χ1) is 30.0. The summed E-state index contributed by atoms with van der Waals surface area (Å²) in [6.45, 7) is 6.49. The van der Waals surface area contributed by atoms with Gasteiger partial charge in [0.15, 0.2) is 6.10 Å². The zero-order chi connectivity index (χ0) is 44.4. The number of unbranched alkanes of at least 4 members (excludes halogenated alkanes) is 28. The highest BCUT2D eigenvalue weighted by Crippen LogP contribution is 2.16. The third kappa shape index (κ3) is 48.3. The minimum Gasteiger partial charge on any atom is -0.462 e. The Labute approximate surface area is 378 Å². The van der Waals surface area contributed by atoms with E-state index in [4.69, 9.17) is 14.2 Å². The summed E-state index contributed by atoms with van der Waals surface area (Å²) in [5.41, 5.74) is 0. The lowest BCUT2D eigenvalue weighted by Crippen LogP contribution is -2.30. The van der Waals surface area contributed by atoms with Crippen molar-refractivity contribution in [3.05, 3.63) is 48.6 Å². The molecule has 0 saturated carbocycles. The number of esters is 3. The quantitative estimate of drug-likeness (QED) is 0.0263. The normalized spacial score (nSPS) is 12.4. The monoisotopic (exact) mass is 855 g/mol. The predicted molar refractivity (Wildman–Crippen MR) is 261 cm³/mol. The minimum absolute atomic E-state index is 0.0863. The van der Waals surface area contributed by atoms with Gasteiger partial charge in [-0.15, -0.1) is 0 Å². The van der Waals surface area contributed by atoms with E-state index in [1.807, 2.05) is 0 Å². The number of hydrogen-bond acceptors (Lipinski definition) is 6. The lowest BCUT2D eigenvalue weighted by atomic mass is 10.0. The van der Waals surface area contributed by atoms with Gasteiger partial charge in [-0.05, 0) is 57.8 Å². The van der Waals surface area contributed by atoms with Crippen LogP contribution in [-0.2, 0) is 28.6 Å². The second kappa shape index (κ2) is 50.0. The van der Waals surface area contributed by atoms with Crippen LogP contribution >= 0.6 is 0 Å². The molecule has 0 N–H and O–H groups in total. The Bertz CT molecular complexity index is 1070. The second-order valence-corrected chi connectivity index (χ2v) is 17.4. The summed E-state index contributed by atoms with van der Waals surface area (Å²) in [7, 11) is 0. The number of allylic oxidation sites excluding steroid dienone is 8. The Morgan fingerprint density at radius 3 is 1.00 bits per heavy atom. The van der Waals surface area contributed by atoms with E-state index >= 15 is 0 Å². The molecule has 0 spiro atoms. The Hall–Kier alpha value is -2.63. The van der Waals surface area contributed by atoms with Gasteiger partial charge in [0, 0.05) is 19.3 Å². The summed E-state index contributed by atoms with van der Waals surface area (Å²) < 4.78 is 16.7. The third-order valence-electron chi connectivity index (χ3n) is 11.3. The summed E-state index contributed by atoms with van der Waals surface area (Å²) in [4.78, 5) is 37.9. The maximum absolute atomic E-state index is 12.8. The summed E-state index contributed by atoms with van der Waals surface area (Å²) in [5.74, 6) is -0.922. The summed E-state index contributed by atoms with van der Waals surface area (Å²) in [6, 6.07) is 0. The van der Waals surface area contributed by atoms with Crippen molar-refractivity contribution in [1.29, 1.82) is 0 Å². The number of carbonyl (C=O) groups excluding carboxylic acids is 3. The topological polar surface area (TPSA) is 78.9 Å². The van der Waals surface area contributed by atoms with Crippen LogP contribution in [0.25, 0.3) is 0 Å². The van der Waals surface area contributed by atoms with Gasteiger partial charge >= 0.3 is 17.9 Å². The van der Waals surface area contributed by atoms with E-state index in [-0.39, 0.29) is 37.5 Å². The fraction of sp³-hybridized carbons (Fsp3) is 0.800. The summed E-state index contributed by atoms with van der Waals surface area (Å²) in [6.07, 6.45) is 59.7. The van der Waals surface area contributed by atoms with E-state index in [9.17, 15) is 14.4 Å². The van der Waals surface area contributed by atoms with Gasteiger partial charge in [0.2, 0.25) is 0 Å². The van der Waals surface area contributed by atoms with Crippen molar-refractivity contribution in [1.82, 2.24) is 0 Å². The molecule has 0 heterocycles. The van der Waals surface area contributed by atoms with Gasteiger partial charge in [-0.3, -0.25) is 14.4 Å². The minimum atomic E-state index is -0.789. The fourth-order valence-corrected chi connectivity index (χ4v) is 7.43. The van der Waals surface area contributed by atoms with Crippen LogP contribution < -0.4 is 0 Å². The molecule has 0 unspecified atom stereocenters. The first-order valence-corrected chi connectivity index (χ1v) is 26.1. The van der Waals surface area contributed by atoms with Crippen LogP contribution in [0.5, 0.6) is 0 Å². The van der Waals surface area contributed by atoms with Gasteiger partial charge in [-0.25, -0.2) is 0 Å². The number of rotatable bonds is 47. The number of carbonyl (C=O) groups is 3. The maximum Gasteiger partial charge on any atom is 0.306 e. The highest BCUT2D eigenvalue weighted by molar-refractivity contribution is 5.71. The van der Waals surface area contributed by atoms with Crippen molar-refractivity contribution in [2.24, 2.45) is 0 Å². The molecule has 0 aliphatic carbocycles. The van der Waals surface area contributed by atoms with Crippen LogP contribution in [0.4, 0.5) is 0 Å². The molecule has 0 aromatic heterocycles. The van der Waals surface area contributed by atoms with Gasteiger partial charge < -0.3 is 14.2 Å². The second-order valence-electron chi connectivity index (χ2n) is 17.4. The van der Waals surface area contributed by atoms with Crippen molar-refractivity contribution >= 4 is 17.9 Å². The molecule has 61 heavy (non-hydrogen) atoms. The van der Waals surface area contributed by atoms with Crippen molar-refractivity contribution in [2.45, 2.75) is 271 Å². The van der Waals surface area contributed by atoms with Gasteiger partial charge in [-0.2, -0.15) is 0 Å². The molecule has 1 atom stereocenters. The Morgan fingerprint density at radius 1 is 0.344 bits per heavy atom. The Kier molecular flexibility index (Phi) is 47.9. The van der Waals surface area contributed by atoms with Crippen LogP contribution in [0.1, 0.15) is 265 Å². The molecule has 0 radical (unpaired) electrons. The average Bonchev–Trinajstić information content (AvgIpc) is 3.26. The van der Waals surface area contributed by atoms with Crippen LogP contribution in [0.15, 0.2) is 48.6 Å². The van der Waals surface area contributed by atoms with E-state index in [2.05, 4.69) is 69.4 Å². The molecule has 0 rings (SSSR count). The lowest BCUT2D eigenvalue weighted by Gasteiger charge is -2.18. The zero-order valence-electron chi connectivity index (χ0n) is 40.4. The molecule has 0 saturated heterocycles. The first kappa shape index (κ1) is 58.4. The fourth-order valence-electron chi connectivity index (χ4n) is 7.43. The SMILES string of the molecule is CC/C=C\C/C=C\C/C=C\C/C=C\CCCCC(=O)O[C@H](COC(=O)CCCCCCCCCCC)COC(=O)CCCCCCCCCCCCCCCCCCCCC. The molecule has 0 aromatic rings. The highest BCUT2D eigenvalue weighted by atomic mass is 16.6. The molecular weight excluding hydrogens is 757 g/mol. The van der Waals surface area contributed by atoms with E-state index in [1.165, 1.54) is 141 Å². The van der Waals surface area contributed by atoms with E-state index in [1.54, 1.807) is 0 Å². The summed E-state index contributed by atoms with van der Waals surface area (Å²) in [5, 5.41) is 0. The number of ether oxygens (including phenoxy) is 3. The maximum atomic E-state index is 12.8. The average molecular weight is 855 g/mol. The smallest absolute Gasteiger partial charge is 0.306 e. The zero-order valence-corrected chi connectivity index (χ0v) is 40.4. The van der Waals surface area contributed by atoms with E-state index in [0.717, 1.165) is 77.0 Å². The van der Waals surface area contributed by atoms with Crippen LogP contribution in [0.3, 0.4) is 0 Å². The molecule has 0 aromatic carbocycles. The summed E-state index contributed by atoms with van der Waals surface area (Å²) >= 11 is 0. The molecular formula is C55H98O6. The standard InChI is InChI=1S/C55H98O6/c1-4-7-10-13-16-19-21-23-25-26-27-28-30-31-33-36-39-42-45-48-54(57)60-51-52(50-59-53(56)47-44-41-38-35-18-15-12-9-6-3)61-55(58)49-46-43-40-37-34-32-29-24-22-20-17-14-11-8-5-2/h8,11,17,20,24,29,34,37,52H,4-7,9-10,12-16,18-19,21-23,25-28,30-33,35-36,38-51H2,1-3H3/b11-8-,20-17-,29-24-,37-34-/t52-/m1/s1. The molecule has 6 heteroatoms. The largest absolute Gasteiger partial charge is 0.462 e. The molecule has 0 aliphatic heterocycles. The Balaban J connectivity index is 4.32. The van der Waals surface area contributed by atoms with E-state index in [0.29, 0.717) is 19.3 Å².